The highest BCUT2D eigenvalue weighted by Crippen LogP contribution is 2.51. The zero-order valence-electron chi connectivity index (χ0n) is 16.3. The van der Waals surface area contributed by atoms with Crippen molar-refractivity contribution in [1.82, 2.24) is 0 Å². The SMILES string of the molecule is C=C(CCCCC(=O)OCC1CCC2CC2C1)CCC1CCC2OC2C1. The quantitative estimate of drug-likeness (QED) is 0.226. The lowest BCUT2D eigenvalue weighted by Gasteiger charge is -2.20. The molecule has 4 rings (SSSR count). The molecule has 0 radical (unpaired) electrons. The fourth-order valence-electron chi connectivity index (χ4n) is 5.31. The predicted molar refractivity (Wildman–Crippen MR) is 103 cm³/mol. The first-order valence-electron chi connectivity index (χ1n) is 11.1. The lowest BCUT2D eigenvalue weighted by atomic mass is 9.85. The molecule has 0 aromatic rings. The Hall–Kier alpha value is -0.830. The highest BCUT2D eigenvalue weighted by molar-refractivity contribution is 5.69. The van der Waals surface area contributed by atoms with E-state index in [9.17, 15) is 4.79 Å². The van der Waals surface area contributed by atoms with E-state index in [0.29, 0.717) is 31.2 Å². The van der Waals surface area contributed by atoms with Gasteiger partial charge in [0.2, 0.25) is 0 Å². The summed E-state index contributed by atoms with van der Waals surface area (Å²) in [6.07, 6.45) is 16.5. The molecule has 3 saturated carbocycles. The molecule has 3 heteroatoms. The summed E-state index contributed by atoms with van der Waals surface area (Å²) in [5, 5.41) is 0. The molecule has 0 N–H and O–H groups in total. The Bertz CT molecular complexity index is 468. The number of hydrogen-bond donors (Lipinski definition) is 0. The smallest absolute Gasteiger partial charge is 0.305 e. The highest BCUT2D eigenvalue weighted by Gasteiger charge is 2.43. The van der Waals surface area contributed by atoms with Crippen LogP contribution in [-0.4, -0.2) is 24.8 Å². The number of hydrogen-bond acceptors (Lipinski definition) is 3. The number of ether oxygens (including phenoxy) is 2. The lowest BCUT2D eigenvalue weighted by Crippen LogP contribution is -2.17. The van der Waals surface area contributed by atoms with Crippen LogP contribution in [0.4, 0.5) is 0 Å². The monoisotopic (exact) mass is 360 g/mol. The van der Waals surface area contributed by atoms with E-state index in [4.69, 9.17) is 9.47 Å². The van der Waals surface area contributed by atoms with Crippen LogP contribution in [0.1, 0.15) is 83.5 Å². The Morgan fingerprint density at radius 3 is 2.58 bits per heavy atom. The first-order chi connectivity index (χ1) is 12.7. The standard InChI is InChI=1S/C23H36O3/c1-16(6-7-17-9-11-21-22(13-17)26-21)4-2-3-5-23(24)25-15-18-8-10-19-14-20(19)12-18/h17-22H,1-15H2. The van der Waals surface area contributed by atoms with E-state index in [1.54, 1.807) is 0 Å². The molecule has 0 aromatic carbocycles. The summed E-state index contributed by atoms with van der Waals surface area (Å²) in [6, 6.07) is 0. The van der Waals surface area contributed by atoms with Crippen molar-refractivity contribution >= 4 is 5.97 Å². The van der Waals surface area contributed by atoms with Crippen LogP contribution in [-0.2, 0) is 14.3 Å². The molecule has 1 saturated heterocycles. The minimum absolute atomic E-state index is 0.00901. The minimum Gasteiger partial charge on any atom is -0.465 e. The van der Waals surface area contributed by atoms with Crippen molar-refractivity contribution in [2.24, 2.45) is 23.7 Å². The van der Waals surface area contributed by atoms with Gasteiger partial charge in [-0.15, -0.1) is 0 Å². The van der Waals surface area contributed by atoms with Crippen LogP contribution in [0.15, 0.2) is 12.2 Å². The predicted octanol–water partition coefficient (Wildman–Crippen LogP) is 5.43. The summed E-state index contributed by atoms with van der Waals surface area (Å²) in [5.41, 5.74) is 1.36. The van der Waals surface area contributed by atoms with Crippen molar-refractivity contribution in [1.29, 1.82) is 0 Å². The maximum absolute atomic E-state index is 11.9. The Morgan fingerprint density at radius 1 is 0.885 bits per heavy atom. The van der Waals surface area contributed by atoms with Gasteiger partial charge in [-0.05, 0) is 101 Å². The molecule has 146 valence electrons. The van der Waals surface area contributed by atoms with Crippen molar-refractivity contribution in [3.8, 4) is 0 Å². The molecule has 1 heterocycles. The summed E-state index contributed by atoms with van der Waals surface area (Å²) in [6.45, 7) is 4.91. The molecule has 1 aliphatic heterocycles. The molecule has 0 amide bonds. The molecule has 0 spiro atoms. The second-order valence-electron chi connectivity index (χ2n) is 9.51. The fourth-order valence-corrected chi connectivity index (χ4v) is 5.31. The maximum atomic E-state index is 11.9. The summed E-state index contributed by atoms with van der Waals surface area (Å²) in [7, 11) is 0. The molecular formula is C23H36O3. The average molecular weight is 361 g/mol. The number of allylic oxidation sites excluding steroid dienone is 1. The van der Waals surface area contributed by atoms with Gasteiger partial charge in [0.15, 0.2) is 0 Å². The summed E-state index contributed by atoms with van der Waals surface area (Å²) < 4.78 is 11.1. The number of epoxide rings is 1. The molecule has 0 bridgehead atoms. The van der Waals surface area contributed by atoms with Crippen LogP contribution < -0.4 is 0 Å². The number of unbranched alkanes of at least 4 members (excludes halogenated alkanes) is 1. The largest absolute Gasteiger partial charge is 0.465 e. The van der Waals surface area contributed by atoms with Crippen molar-refractivity contribution in [3.63, 3.8) is 0 Å². The summed E-state index contributed by atoms with van der Waals surface area (Å²) in [5.74, 6) is 3.47. The van der Waals surface area contributed by atoms with Crippen molar-refractivity contribution in [3.05, 3.63) is 12.2 Å². The van der Waals surface area contributed by atoms with Gasteiger partial charge in [0.25, 0.3) is 0 Å². The second kappa shape index (κ2) is 8.46. The Morgan fingerprint density at radius 2 is 1.73 bits per heavy atom. The Balaban J connectivity index is 0.992. The van der Waals surface area contributed by atoms with Crippen LogP contribution in [0, 0.1) is 23.7 Å². The molecule has 26 heavy (non-hydrogen) atoms. The van der Waals surface area contributed by atoms with Gasteiger partial charge in [-0.3, -0.25) is 4.79 Å². The number of esters is 1. The third-order valence-electron chi connectivity index (χ3n) is 7.31. The fraction of sp³-hybridized carbons (Fsp3) is 0.870. The van der Waals surface area contributed by atoms with E-state index in [-0.39, 0.29) is 5.97 Å². The molecule has 6 unspecified atom stereocenters. The summed E-state index contributed by atoms with van der Waals surface area (Å²) in [4.78, 5) is 11.9. The van der Waals surface area contributed by atoms with Crippen LogP contribution in [0.5, 0.6) is 0 Å². The van der Waals surface area contributed by atoms with Gasteiger partial charge >= 0.3 is 5.97 Å². The first kappa shape index (κ1) is 18.5. The molecule has 4 aliphatic rings. The Labute approximate surface area is 158 Å². The van der Waals surface area contributed by atoms with E-state index < -0.39 is 0 Å². The third kappa shape index (κ3) is 5.34. The van der Waals surface area contributed by atoms with Gasteiger partial charge in [-0.25, -0.2) is 0 Å². The zero-order chi connectivity index (χ0) is 17.9. The third-order valence-corrected chi connectivity index (χ3v) is 7.31. The number of carbonyl (C=O) groups is 1. The van der Waals surface area contributed by atoms with Gasteiger partial charge in [-0.1, -0.05) is 12.2 Å². The molecule has 3 nitrogen and oxygen atoms in total. The molecule has 4 fully saturated rings. The van der Waals surface area contributed by atoms with E-state index >= 15 is 0 Å². The zero-order valence-corrected chi connectivity index (χ0v) is 16.3. The van der Waals surface area contributed by atoms with Gasteiger partial charge in [0.05, 0.1) is 18.8 Å². The number of fused-ring (bicyclic) bond motifs is 2. The Kier molecular flexibility index (Phi) is 6.03. The molecule has 6 atom stereocenters. The van der Waals surface area contributed by atoms with E-state index in [2.05, 4.69) is 6.58 Å². The van der Waals surface area contributed by atoms with E-state index in [1.165, 1.54) is 56.9 Å². The van der Waals surface area contributed by atoms with Crippen molar-refractivity contribution in [2.75, 3.05) is 6.61 Å². The topological polar surface area (TPSA) is 38.8 Å². The average Bonchev–Trinajstić information content (AvgIpc) is 3.55. The van der Waals surface area contributed by atoms with Gasteiger partial charge < -0.3 is 9.47 Å². The van der Waals surface area contributed by atoms with Crippen LogP contribution in [0.2, 0.25) is 0 Å². The molecule has 3 aliphatic carbocycles. The van der Waals surface area contributed by atoms with Crippen LogP contribution in [0.25, 0.3) is 0 Å². The van der Waals surface area contributed by atoms with Crippen molar-refractivity contribution < 1.29 is 14.3 Å². The lowest BCUT2D eigenvalue weighted by molar-refractivity contribution is -0.145. The van der Waals surface area contributed by atoms with Gasteiger partial charge in [0, 0.05) is 6.42 Å². The summed E-state index contributed by atoms with van der Waals surface area (Å²) >= 11 is 0. The van der Waals surface area contributed by atoms with Crippen LogP contribution in [0.3, 0.4) is 0 Å². The molecule has 0 aromatic heterocycles. The van der Waals surface area contributed by atoms with Crippen LogP contribution >= 0.6 is 0 Å². The van der Waals surface area contributed by atoms with Crippen molar-refractivity contribution in [2.45, 2.75) is 95.7 Å². The van der Waals surface area contributed by atoms with Gasteiger partial charge in [0.1, 0.15) is 0 Å². The number of rotatable bonds is 10. The van der Waals surface area contributed by atoms with E-state index in [1.807, 2.05) is 0 Å². The second-order valence-corrected chi connectivity index (χ2v) is 9.51. The first-order valence-corrected chi connectivity index (χ1v) is 11.1. The minimum atomic E-state index is 0.00901. The molecular weight excluding hydrogens is 324 g/mol. The maximum Gasteiger partial charge on any atom is 0.305 e. The highest BCUT2D eigenvalue weighted by atomic mass is 16.6. The normalized spacial score (nSPS) is 37.4. The number of carbonyl (C=O) groups excluding carboxylic acids is 1. The van der Waals surface area contributed by atoms with E-state index in [0.717, 1.165) is 43.4 Å². The van der Waals surface area contributed by atoms with Gasteiger partial charge in [-0.2, -0.15) is 0 Å².